The highest BCUT2D eigenvalue weighted by atomic mass is 31.2. The zero-order valence-corrected chi connectivity index (χ0v) is 34.2. The molecule has 12 heteroatoms. The monoisotopic (exact) mass is 784 g/mol. The molecule has 0 saturated heterocycles. The van der Waals surface area contributed by atoms with Crippen molar-refractivity contribution in [2.24, 2.45) is 5.73 Å². The number of carbonyl (C=O) groups excluding carboxylic acids is 2. The van der Waals surface area contributed by atoms with Gasteiger partial charge in [0.05, 0.1) is 13.2 Å². The first-order valence-electron chi connectivity index (χ1n) is 20.9. The van der Waals surface area contributed by atoms with Crippen LogP contribution in [0.3, 0.4) is 0 Å². The van der Waals surface area contributed by atoms with Gasteiger partial charge in [0.2, 0.25) is 0 Å². The molecule has 54 heavy (non-hydrogen) atoms. The zero-order chi connectivity index (χ0) is 40.0. The first-order chi connectivity index (χ1) is 26.1. The number of esters is 2. The Bertz CT molecular complexity index is 1070. The summed E-state index contributed by atoms with van der Waals surface area (Å²) in [6, 6.07) is -1.52. The zero-order valence-electron chi connectivity index (χ0n) is 33.3. The number of carboxylic acids is 1. The van der Waals surface area contributed by atoms with Crippen LogP contribution >= 0.6 is 7.82 Å². The Morgan fingerprint density at radius 1 is 0.537 bits per heavy atom. The molecule has 3 atom stereocenters. The number of unbranched alkanes of at least 4 members (excludes halogenated alkanes) is 26. The topological polar surface area (TPSA) is 172 Å². The fourth-order valence-electron chi connectivity index (χ4n) is 5.96. The third kappa shape index (κ3) is 36.6. The van der Waals surface area contributed by atoms with Crippen molar-refractivity contribution in [3.63, 3.8) is 0 Å². The molecule has 11 nitrogen and oxygen atoms in total. The molecule has 4 N–H and O–H groups in total. The van der Waals surface area contributed by atoms with Crippen molar-refractivity contribution in [2.45, 2.75) is 205 Å². The van der Waals surface area contributed by atoms with Crippen molar-refractivity contribution >= 4 is 25.7 Å². The van der Waals surface area contributed by atoms with Gasteiger partial charge in [0.1, 0.15) is 12.6 Å². The molecule has 0 fully saturated rings. The Morgan fingerprint density at radius 2 is 0.870 bits per heavy atom. The highest BCUT2D eigenvalue weighted by Crippen LogP contribution is 2.43. The van der Waals surface area contributed by atoms with Gasteiger partial charge in [-0.25, -0.2) is 4.57 Å². The third-order valence-corrected chi connectivity index (χ3v) is 10.2. The minimum absolute atomic E-state index is 0.153. The third-order valence-electron chi connectivity index (χ3n) is 9.29. The minimum atomic E-state index is -4.72. The highest BCUT2D eigenvalue weighted by molar-refractivity contribution is 7.47. The van der Waals surface area contributed by atoms with Gasteiger partial charge in [-0.05, 0) is 25.7 Å². The Kier molecular flexibility index (Phi) is 35.9. The fourth-order valence-corrected chi connectivity index (χ4v) is 6.74. The second-order valence-corrected chi connectivity index (χ2v) is 15.9. The van der Waals surface area contributed by atoms with Crippen molar-refractivity contribution < 1.29 is 47.5 Å². The number of ether oxygens (including phenoxy) is 2. The lowest BCUT2D eigenvalue weighted by atomic mass is 10.0. The van der Waals surface area contributed by atoms with Gasteiger partial charge in [0, 0.05) is 25.7 Å². The van der Waals surface area contributed by atoms with E-state index in [-0.39, 0.29) is 19.4 Å². The van der Waals surface area contributed by atoms with Crippen molar-refractivity contribution in [1.29, 1.82) is 0 Å². The predicted molar refractivity (Wildman–Crippen MR) is 214 cm³/mol. The van der Waals surface area contributed by atoms with E-state index in [1.165, 1.54) is 103 Å². The van der Waals surface area contributed by atoms with Gasteiger partial charge in [-0.15, -0.1) is 24.7 Å². The molecule has 0 aromatic rings. The first kappa shape index (κ1) is 51.6. The summed E-state index contributed by atoms with van der Waals surface area (Å²) in [4.78, 5) is 45.9. The fraction of sp³-hybridized carbons (Fsp3) is 0.833. The van der Waals surface area contributed by atoms with E-state index in [1.807, 2.05) is 0 Å². The maximum Gasteiger partial charge on any atom is 0.472 e. The summed E-state index contributed by atoms with van der Waals surface area (Å²) >= 11 is 0. The summed E-state index contributed by atoms with van der Waals surface area (Å²) < 4.78 is 32.6. The molecule has 0 aromatic heterocycles. The SMILES string of the molecule is C#CCCCCCCCCCCCCCCCC(=O)OCC(COP(=O)(O)OCC(N)C(=O)O)OC(=O)CCCCCCCCCCCCCCCC#C. The molecule has 0 amide bonds. The van der Waals surface area contributed by atoms with Crippen LogP contribution in [0.4, 0.5) is 0 Å². The maximum atomic E-state index is 12.6. The Labute approximate surface area is 327 Å². The molecular weight excluding hydrogens is 709 g/mol. The molecule has 0 rings (SSSR count). The molecule has 0 radical (unpaired) electrons. The Morgan fingerprint density at radius 3 is 1.24 bits per heavy atom. The average Bonchev–Trinajstić information content (AvgIpc) is 3.14. The first-order valence-corrected chi connectivity index (χ1v) is 22.4. The molecule has 3 unspecified atom stereocenters. The van der Waals surface area contributed by atoms with Crippen LogP contribution in [0.5, 0.6) is 0 Å². The summed E-state index contributed by atoms with van der Waals surface area (Å²) in [5.74, 6) is 2.98. The molecule has 0 bridgehead atoms. The van der Waals surface area contributed by atoms with E-state index in [2.05, 4.69) is 16.4 Å². The number of terminal acetylenes is 2. The van der Waals surface area contributed by atoms with Crippen molar-refractivity contribution in [3.8, 4) is 24.7 Å². The van der Waals surface area contributed by atoms with E-state index in [4.69, 9.17) is 37.7 Å². The van der Waals surface area contributed by atoms with Crippen LogP contribution in [0.15, 0.2) is 0 Å². The lowest BCUT2D eigenvalue weighted by molar-refractivity contribution is -0.161. The quantitative estimate of drug-likeness (QED) is 0.0234. The second-order valence-electron chi connectivity index (χ2n) is 14.4. The van der Waals surface area contributed by atoms with Crippen LogP contribution < -0.4 is 5.73 Å². The summed E-state index contributed by atoms with van der Waals surface area (Å²) in [7, 11) is -4.72. The van der Waals surface area contributed by atoms with Crippen LogP contribution in [0.2, 0.25) is 0 Å². The number of phosphoric ester groups is 1. The van der Waals surface area contributed by atoms with Crippen molar-refractivity contribution in [1.82, 2.24) is 0 Å². The summed E-state index contributed by atoms with van der Waals surface area (Å²) in [5.41, 5.74) is 5.32. The maximum absolute atomic E-state index is 12.6. The van der Waals surface area contributed by atoms with E-state index >= 15 is 0 Å². The molecule has 0 aromatic carbocycles. The molecule has 312 valence electrons. The number of carboxylic acid groups (broad SMARTS) is 1. The van der Waals surface area contributed by atoms with Gasteiger partial charge in [0.25, 0.3) is 0 Å². The van der Waals surface area contributed by atoms with E-state index in [0.717, 1.165) is 64.2 Å². The predicted octanol–water partition coefficient (Wildman–Crippen LogP) is 9.96. The molecule has 0 heterocycles. The van der Waals surface area contributed by atoms with Crippen LogP contribution in [0.25, 0.3) is 0 Å². The molecule has 0 saturated carbocycles. The minimum Gasteiger partial charge on any atom is -0.480 e. The number of aliphatic carboxylic acids is 1. The molecule has 0 spiro atoms. The van der Waals surface area contributed by atoms with Crippen molar-refractivity contribution in [3.05, 3.63) is 0 Å². The number of hydrogen-bond donors (Lipinski definition) is 3. The largest absolute Gasteiger partial charge is 0.480 e. The van der Waals surface area contributed by atoms with E-state index in [9.17, 15) is 23.8 Å². The molecule has 0 aliphatic heterocycles. The van der Waals surface area contributed by atoms with E-state index in [1.54, 1.807) is 0 Å². The van der Waals surface area contributed by atoms with Gasteiger partial charge in [-0.2, -0.15) is 0 Å². The van der Waals surface area contributed by atoms with Gasteiger partial charge < -0.3 is 25.2 Å². The highest BCUT2D eigenvalue weighted by Gasteiger charge is 2.28. The van der Waals surface area contributed by atoms with Gasteiger partial charge >= 0.3 is 25.7 Å². The van der Waals surface area contributed by atoms with Crippen LogP contribution in [-0.4, -0.2) is 59.9 Å². The normalized spacial score (nSPS) is 13.3. The number of phosphoric acid groups is 1. The van der Waals surface area contributed by atoms with Crippen LogP contribution in [0, 0.1) is 24.7 Å². The van der Waals surface area contributed by atoms with E-state index in [0.29, 0.717) is 12.8 Å². The summed E-state index contributed by atoms with van der Waals surface area (Å²) in [6.45, 7) is -1.70. The lowest BCUT2D eigenvalue weighted by Crippen LogP contribution is -2.34. The van der Waals surface area contributed by atoms with Crippen molar-refractivity contribution in [2.75, 3.05) is 19.8 Å². The molecule has 0 aliphatic carbocycles. The number of hydrogen-bond acceptors (Lipinski definition) is 9. The van der Waals surface area contributed by atoms with Gasteiger partial charge in [-0.3, -0.25) is 23.4 Å². The van der Waals surface area contributed by atoms with Gasteiger partial charge in [-0.1, -0.05) is 141 Å². The van der Waals surface area contributed by atoms with Crippen LogP contribution in [-0.2, 0) is 37.5 Å². The number of rotatable bonds is 40. The molecular formula is C42H74NO10P. The Hall–Kier alpha value is -2.40. The molecule has 0 aliphatic rings. The van der Waals surface area contributed by atoms with Crippen LogP contribution in [0.1, 0.15) is 193 Å². The number of nitrogens with two attached hydrogens (primary N) is 1. The average molecular weight is 784 g/mol. The number of carbonyl (C=O) groups is 3. The summed E-state index contributed by atoms with van der Waals surface area (Å²) in [6.07, 6.45) is 41.2. The summed E-state index contributed by atoms with van der Waals surface area (Å²) in [5, 5.41) is 8.88. The smallest absolute Gasteiger partial charge is 0.472 e. The Balaban J connectivity index is 4.32. The lowest BCUT2D eigenvalue weighted by Gasteiger charge is -2.20. The second kappa shape index (κ2) is 37.5. The van der Waals surface area contributed by atoms with Gasteiger partial charge in [0.15, 0.2) is 6.10 Å². The standard InChI is InChI=1S/C42H74NO10P/c1-3-5-7-9-11-13-15-17-19-21-23-25-27-29-31-33-40(44)50-35-38(36-51-54(48,49)52-37-39(43)42(46)47)53-41(45)34-32-30-28-26-24-22-20-18-16-14-12-10-8-6-4-2/h1-2,38-39H,5-37,43H2,(H,46,47)(H,48,49). The van der Waals surface area contributed by atoms with E-state index < -0.39 is 51.1 Å².